The van der Waals surface area contributed by atoms with Gasteiger partial charge in [-0.3, -0.25) is 14.6 Å². The highest BCUT2D eigenvalue weighted by atomic mass is 16.5. The first kappa shape index (κ1) is 20.8. The zero-order chi connectivity index (χ0) is 21.3. The topological polar surface area (TPSA) is 53.1 Å². The van der Waals surface area contributed by atoms with Gasteiger partial charge in [0.05, 0.1) is 18.6 Å². The number of carbonyl (C=O) groups is 2. The summed E-state index contributed by atoms with van der Waals surface area (Å²) in [6.45, 7) is 7.93. The number of carbonyl (C=O) groups excluding carboxylic acids is 2. The second-order valence-corrected chi connectivity index (χ2v) is 8.66. The summed E-state index contributed by atoms with van der Waals surface area (Å²) >= 11 is 0. The SMILES string of the molecule is COC(=O)C1=CN(C)C(=O)[C@@H]2C(CN3CCN(Cc4ccc(C)cc4)CC3)=CC[C@H]12. The molecule has 2 atom stereocenters. The molecule has 1 amide bonds. The fourth-order valence-electron chi connectivity index (χ4n) is 4.82. The lowest BCUT2D eigenvalue weighted by atomic mass is 9.82. The molecule has 1 aromatic rings. The van der Waals surface area contributed by atoms with E-state index in [0.29, 0.717) is 5.57 Å². The smallest absolute Gasteiger partial charge is 0.335 e. The molecule has 30 heavy (non-hydrogen) atoms. The Morgan fingerprint density at radius 3 is 2.33 bits per heavy atom. The molecule has 0 aromatic heterocycles. The highest BCUT2D eigenvalue weighted by molar-refractivity contribution is 5.95. The molecule has 4 rings (SSSR count). The fourth-order valence-corrected chi connectivity index (χ4v) is 4.82. The molecule has 0 unspecified atom stereocenters. The number of piperazine rings is 1. The van der Waals surface area contributed by atoms with Crippen molar-refractivity contribution < 1.29 is 14.3 Å². The molecule has 0 bridgehead atoms. The molecular weight excluding hydrogens is 378 g/mol. The molecule has 1 aromatic carbocycles. The lowest BCUT2D eigenvalue weighted by Gasteiger charge is -2.37. The van der Waals surface area contributed by atoms with Gasteiger partial charge in [-0.1, -0.05) is 35.9 Å². The van der Waals surface area contributed by atoms with Crippen LogP contribution < -0.4 is 0 Å². The Labute approximate surface area is 178 Å². The van der Waals surface area contributed by atoms with Gasteiger partial charge in [-0.25, -0.2) is 4.79 Å². The molecule has 0 saturated carbocycles. The zero-order valence-electron chi connectivity index (χ0n) is 18.1. The van der Waals surface area contributed by atoms with Crippen molar-refractivity contribution in [3.63, 3.8) is 0 Å². The standard InChI is InChI=1S/C24H31N3O3/c1-17-4-6-18(7-5-17)14-26-10-12-27(13-11-26)15-19-8-9-20-21(24(29)30-3)16-25(2)23(28)22(19)20/h4-8,16,20,22H,9-15H2,1-3H3/t20-,22-/m1/s1. The third-order valence-corrected chi connectivity index (χ3v) is 6.60. The van der Waals surface area contributed by atoms with Crippen molar-refractivity contribution in [1.82, 2.24) is 14.7 Å². The molecular formula is C24H31N3O3. The molecule has 1 aliphatic carbocycles. The summed E-state index contributed by atoms with van der Waals surface area (Å²) in [4.78, 5) is 31.5. The lowest BCUT2D eigenvalue weighted by molar-refractivity contribution is -0.138. The highest BCUT2D eigenvalue weighted by Gasteiger charge is 2.44. The van der Waals surface area contributed by atoms with Gasteiger partial charge in [-0.2, -0.15) is 0 Å². The van der Waals surface area contributed by atoms with Gasteiger partial charge in [0.25, 0.3) is 0 Å². The van der Waals surface area contributed by atoms with E-state index in [0.717, 1.165) is 51.3 Å². The number of ether oxygens (including phenoxy) is 1. The number of amides is 1. The predicted molar refractivity (Wildman–Crippen MR) is 115 cm³/mol. The maximum Gasteiger partial charge on any atom is 0.335 e. The van der Waals surface area contributed by atoms with E-state index in [2.05, 4.69) is 47.1 Å². The van der Waals surface area contributed by atoms with Crippen molar-refractivity contribution in [3.05, 3.63) is 58.8 Å². The quantitative estimate of drug-likeness (QED) is 0.551. The van der Waals surface area contributed by atoms with Gasteiger partial charge < -0.3 is 9.64 Å². The van der Waals surface area contributed by atoms with Crippen LogP contribution in [0.4, 0.5) is 0 Å². The van der Waals surface area contributed by atoms with E-state index < -0.39 is 0 Å². The summed E-state index contributed by atoms with van der Waals surface area (Å²) < 4.78 is 4.95. The molecule has 0 spiro atoms. The first-order valence-corrected chi connectivity index (χ1v) is 10.7. The average molecular weight is 410 g/mol. The van der Waals surface area contributed by atoms with Gasteiger partial charge in [0.2, 0.25) is 5.91 Å². The van der Waals surface area contributed by atoms with Gasteiger partial charge in [-0.15, -0.1) is 0 Å². The number of esters is 1. The Kier molecular flexibility index (Phi) is 6.06. The number of methoxy groups -OCH3 is 1. The van der Waals surface area contributed by atoms with Crippen LogP contribution in [0.2, 0.25) is 0 Å². The van der Waals surface area contributed by atoms with Crippen LogP contribution in [0.5, 0.6) is 0 Å². The summed E-state index contributed by atoms with van der Waals surface area (Å²) in [5, 5.41) is 0. The monoisotopic (exact) mass is 409 g/mol. The Hall–Kier alpha value is -2.44. The van der Waals surface area contributed by atoms with E-state index in [1.165, 1.54) is 18.2 Å². The number of allylic oxidation sites excluding steroid dienone is 1. The minimum Gasteiger partial charge on any atom is -0.466 e. The predicted octanol–water partition coefficient (Wildman–Crippen LogP) is 2.20. The van der Waals surface area contributed by atoms with Gasteiger partial charge in [0, 0.05) is 58.4 Å². The third kappa shape index (κ3) is 4.20. The van der Waals surface area contributed by atoms with Crippen molar-refractivity contribution >= 4 is 11.9 Å². The van der Waals surface area contributed by atoms with Crippen LogP contribution in [0, 0.1) is 18.8 Å². The third-order valence-electron chi connectivity index (χ3n) is 6.60. The number of nitrogens with zero attached hydrogens (tertiary/aromatic N) is 3. The van der Waals surface area contributed by atoms with Crippen LogP contribution in [0.3, 0.4) is 0 Å². The van der Waals surface area contributed by atoms with E-state index in [9.17, 15) is 9.59 Å². The first-order chi connectivity index (χ1) is 14.5. The van der Waals surface area contributed by atoms with Crippen molar-refractivity contribution in [2.24, 2.45) is 11.8 Å². The van der Waals surface area contributed by atoms with E-state index in [1.54, 1.807) is 18.1 Å². The average Bonchev–Trinajstić information content (AvgIpc) is 3.17. The second-order valence-electron chi connectivity index (χ2n) is 8.66. The highest BCUT2D eigenvalue weighted by Crippen LogP contribution is 2.41. The molecule has 1 fully saturated rings. The van der Waals surface area contributed by atoms with Gasteiger partial charge in [-0.05, 0) is 24.5 Å². The Bertz CT molecular complexity index is 866. The van der Waals surface area contributed by atoms with Crippen LogP contribution in [-0.4, -0.2) is 73.5 Å². The largest absolute Gasteiger partial charge is 0.466 e. The normalized spacial score (nSPS) is 25.0. The Morgan fingerprint density at radius 1 is 1.07 bits per heavy atom. The van der Waals surface area contributed by atoms with Crippen molar-refractivity contribution in [1.29, 1.82) is 0 Å². The lowest BCUT2D eigenvalue weighted by Crippen LogP contribution is -2.47. The van der Waals surface area contributed by atoms with Gasteiger partial charge in [0.1, 0.15) is 0 Å². The number of aryl methyl sites for hydroxylation is 1. The summed E-state index contributed by atoms with van der Waals surface area (Å²) in [6.07, 6.45) is 4.55. The molecule has 0 N–H and O–H groups in total. The maximum absolute atomic E-state index is 12.9. The molecule has 6 nitrogen and oxygen atoms in total. The second kappa shape index (κ2) is 8.74. The molecule has 2 heterocycles. The minimum absolute atomic E-state index is 0.0782. The number of benzene rings is 1. The number of rotatable bonds is 5. The maximum atomic E-state index is 12.9. The fraction of sp³-hybridized carbons (Fsp3) is 0.500. The molecule has 160 valence electrons. The van der Waals surface area contributed by atoms with Crippen molar-refractivity contribution in [2.75, 3.05) is 46.9 Å². The first-order valence-electron chi connectivity index (χ1n) is 10.7. The minimum atomic E-state index is -0.330. The number of hydrogen-bond donors (Lipinski definition) is 0. The van der Waals surface area contributed by atoms with Gasteiger partial charge >= 0.3 is 5.97 Å². The van der Waals surface area contributed by atoms with Crippen LogP contribution in [0.25, 0.3) is 0 Å². The van der Waals surface area contributed by atoms with Crippen LogP contribution in [-0.2, 0) is 20.9 Å². The van der Waals surface area contributed by atoms with E-state index >= 15 is 0 Å². The van der Waals surface area contributed by atoms with Gasteiger partial charge in [0.15, 0.2) is 0 Å². The van der Waals surface area contributed by atoms with Crippen LogP contribution in [0.15, 0.2) is 47.7 Å². The van der Waals surface area contributed by atoms with E-state index in [-0.39, 0.29) is 23.7 Å². The molecule has 0 radical (unpaired) electrons. The molecule has 3 aliphatic rings. The number of fused-ring (bicyclic) bond motifs is 1. The van der Waals surface area contributed by atoms with Crippen LogP contribution in [0.1, 0.15) is 17.5 Å². The Morgan fingerprint density at radius 2 is 1.70 bits per heavy atom. The van der Waals surface area contributed by atoms with Crippen molar-refractivity contribution in [3.8, 4) is 0 Å². The van der Waals surface area contributed by atoms with E-state index in [4.69, 9.17) is 4.74 Å². The summed E-state index contributed by atoms with van der Waals surface area (Å²) in [5.74, 6) is -0.572. The summed E-state index contributed by atoms with van der Waals surface area (Å²) in [5.41, 5.74) is 4.41. The van der Waals surface area contributed by atoms with Crippen molar-refractivity contribution in [2.45, 2.75) is 19.9 Å². The zero-order valence-corrected chi connectivity index (χ0v) is 18.1. The molecule has 1 saturated heterocycles. The Balaban J connectivity index is 1.34. The molecule has 6 heteroatoms. The number of hydrogen-bond acceptors (Lipinski definition) is 5. The van der Waals surface area contributed by atoms with E-state index in [1.807, 2.05) is 0 Å². The van der Waals surface area contributed by atoms with Crippen LogP contribution >= 0.6 is 0 Å². The summed E-state index contributed by atoms with van der Waals surface area (Å²) in [7, 11) is 3.12. The molecule has 2 aliphatic heterocycles. The summed E-state index contributed by atoms with van der Waals surface area (Å²) in [6, 6.07) is 8.76.